The van der Waals surface area contributed by atoms with Crippen molar-refractivity contribution < 1.29 is 4.39 Å². The zero-order valence-corrected chi connectivity index (χ0v) is 12.5. The Morgan fingerprint density at radius 1 is 1.40 bits per heavy atom. The molecule has 1 N–H and O–H groups in total. The molecule has 0 bridgehead atoms. The summed E-state index contributed by atoms with van der Waals surface area (Å²) in [6, 6.07) is 4.87. The third kappa shape index (κ3) is 3.81. The van der Waals surface area contributed by atoms with Gasteiger partial charge in [-0.3, -0.25) is 0 Å². The third-order valence-corrected chi connectivity index (χ3v) is 3.43. The van der Waals surface area contributed by atoms with E-state index >= 15 is 0 Å². The van der Waals surface area contributed by atoms with Crippen molar-refractivity contribution in [3.63, 3.8) is 0 Å². The first kappa shape index (κ1) is 15.0. The number of aromatic nitrogens is 2. The molecule has 2 aromatic rings. The zero-order chi connectivity index (χ0) is 14.5. The molecule has 0 aliphatic carbocycles. The van der Waals surface area contributed by atoms with Gasteiger partial charge in [-0.05, 0) is 24.1 Å². The van der Waals surface area contributed by atoms with Crippen LogP contribution in [0.3, 0.4) is 0 Å². The van der Waals surface area contributed by atoms with Crippen LogP contribution in [0.25, 0.3) is 0 Å². The molecule has 0 saturated carbocycles. The van der Waals surface area contributed by atoms with Gasteiger partial charge in [0.15, 0.2) is 0 Å². The van der Waals surface area contributed by atoms with Crippen LogP contribution in [-0.2, 0) is 13.1 Å². The zero-order valence-electron chi connectivity index (χ0n) is 11.7. The first-order valence-electron chi connectivity index (χ1n) is 6.71. The first-order chi connectivity index (χ1) is 9.58. The summed E-state index contributed by atoms with van der Waals surface area (Å²) in [6.07, 6.45) is 3.63. The van der Waals surface area contributed by atoms with Crippen LogP contribution in [0.1, 0.15) is 25.2 Å². The maximum atomic E-state index is 13.4. The van der Waals surface area contributed by atoms with E-state index < -0.39 is 0 Å². The van der Waals surface area contributed by atoms with Gasteiger partial charge >= 0.3 is 0 Å². The van der Waals surface area contributed by atoms with Gasteiger partial charge in [-0.2, -0.15) is 0 Å². The minimum absolute atomic E-state index is 0.183. The van der Waals surface area contributed by atoms with E-state index in [1.165, 1.54) is 6.07 Å². The summed E-state index contributed by atoms with van der Waals surface area (Å²) in [5, 5.41) is 3.53. The highest BCUT2D eigenvalue weighted by Gasteiger charge is 2.09. The van der Waals surface area contributed by atoms with Crippen molar-refractivity contribution >= 4 is 11.6 Å². The molecule has 2 rings (SSSR count). The number of halogens is 2. The average molecular weight is 296 g/mol. The SMILES string of the molecule is CC(C)CNCc1nccn1Cc1cccc(F)c1Cl. The molecular formula is C15H19ClFN3. The van der Waals surface area contributed by atoms with Gasteiger partial charge in [0.2, 0.25) is 0 Å². The largest absolute Gasteiger partial charge is 0.329 e. The Hall–Kier alpha value is -1.39. The Morgan fingerprint density at radius 2 is 2.20 bits per heavy atom. The molecule has 3 nitrogen and oxygen atoms in total. The molecule has 0 saturated heterocycles. The van der Waals surface area contributed by atoms with E-state index in [1.807, 2.05) is 16.8 Å². The highest BCUT2D eigenvalue weighted by molar-refractivity contribution is 6.31. The molecule has 1 heterocycles. The Kier molecular flexibility index (Phi) is 5.15. The van der Waals surface area contributed by atoms with E-state index in [1.54, 1.807) is 12.3 Å². The number of nitrogens with one attached hydrogen (secondary N) is 1. The average Bonchev–Trinajstić information content (AvgIpc) is 2.82. The number of hydrogen-bond donors (Lipinski definition) is 1. The lowest BCUT2D eigenvalue weighted by molar-refractivity contribution is 0.532. The minimum Gasteiger partial charge on any atom is -0.329 e. The van der Waals surface area contributed by atoms with Crippen LogP contribution >= 0.6 is 11.6 Å². The van der Waals surface area contributed by atoms with Gasteiger partial charge in [0.25, 0.3) is 0 Å². The highest BCUT2D eigenvalue weighted by atomic mass is 35.5. The Balaban J connectivity index is 2.06. The summed E-state index contributed by atoms with van der Waals surface area (Å²) in [7, 11) is 0. The van der Waals surface area contributed by atoms with Crippen molar-refractivity contribution in [3.05, 3.63) is 52.8 Å². The van der Waals surface area contributed by atoms with Crippen molar-refractivity contribution in [1.82, 2.24) is 14.9 Å². The molecule has 108 valence electrons. The maximum Gasteiger partial charge on any atom is 0.142 e. The fourth-order valence-electron chi connectivity index (χ4n) is 1.98. The summed E-state index contributed by atoms with van der Waals surface area (Å²) in [6.45, 7) is 6.47. The molecule has 0 atom stereocenters. The summed E-state index contributed by atoms with van der Waals surface area (Å²) >= 11 is 5.98. The highest BCUT2D eigenvalue weighted by Crippen LogP contribution is 2.20. The number of hydrogen-bond acceptors (Lipinski definition) is 2. The van der Waals surface area contributed by atoms with Crippen molar-refractivity contribution in [1.29, 1.82) is 0 Å². The Morgan fingerprint density at radius 3 is 2.95 bits per heavy atom. The van der Waals surface area contributed by atoms with Gasteiger partial charge in [-0.15, -0.1) is 0 Å². The normalized spacial score (nSPS) is 11.2. The molecule has 0 aliphatic rings. The summed E-state index contributed by atoms with van der Waals surface area (Å²) in [4.78, 5) is 4.32. The second kappa shape index (κ2) is 6.86. The van der Waals surface area contributed by atoms with E-state index in [0.717, 1.165) is 17.9 Å². The molecular weight excluding hydrogens is 277 g/mol. The maximum absolute atomic E-state index is 13.4. The van der Waals surface area contributed by atoms with E-state index in [2.05, 4.69) is 24.1 Å². The lowest BCUT2D eigenvalue weighted by atomic mass is 10.2. The molecule has 1 aromatic heterocycles. The van der Waals surface area contributed by atoms with Crippen molar-refractivity contribution in [2.75, 3.05) is 6.54 Å². The molecule has 0 amide bonds. The van der Waals surface area contributed by atoms with Gasteiger partial charge in [0.05, 0.1) is 18.1 Å². The van der Waals surface area contributed by atoms with Gasteiger partial charge in [0.1, 0.15) is 11.6 Å². The molecule has 0 unspecified atom stereocenters. The van der Waals surface area contributed by atoms with Gasteiger partial charge in [-0.1, -0.05) is 37.6 Å². The van der Waals surface area contributed by atoms with Gasteiger partial charge < -0.3 is 9.88 Å². The predicted molar refractivity (Wildman–Crippen MR) is 79.3 cm³/mol. The van der Waals surface area contributed by atoms with Gasteiger partial charge in [-0.25, -0.2) is 9.37 Å². The fraction of sp³-hybridized carbons (Fsp3) is 0.400. The van der Waals surface area contributed by atoms with E-state index in [0.29, 0.717) is 19.0 Å². The second-order valence-corrected chi connectivity index (χ2v) is 5.59. The number of rotatable bonds is 6. The second-order valence-electron chi connectivity index (χ2n) is 5.21. The van der Waals surface area contributed by atoms with E-state index in [4.69, 9.17) is 11.6 Å². The van der Waals surface area contributed by atoms with Crippen LogP contribution < -0.4 is 5.32 Å². The van der Waals surface area contributed by atoms with E-state index in [9.17, 15) is 4.39 Å². The predicted octanol–water partition coefficient (Wildman–Crippen LogP) is 3.47. The standard InChI is InChI=1S/C15H19ClFN3/c1-11(2)8-18-9-14-19-6-7-20(14)10-12-4-3-5-13(17)15(12)16/h3-7,11,18H,8-10H2,1-2H3. The lowest BCUT2D eigenvalue weighted by Crippen LogP contribution is -2.21. The van der Waals surface area contributed by atoms with Gasteiger partial charge in [0, 0.05) is 12.4 Å². The molecule has 0 spiro atoms. The molecule has 0 radical (unpaired) electrons. The molecule has 20 heavy (non-hydrogen) atoms. The lowest BCUT2D eigenvalue weighted by Gasteiger charge is -2.11. The number of benzene rings is 1. The number of imidazole rings is 1. The molecule has 0 aliphatic heterocycles. The fourth-order valence-corrected chi connectivity index (χ4v) is 2.16. The van der Waals surface area contributed by atoms with E-state index in [-0.39, 0.29) is 10.8 Å². The molecule has 1 aromatic carbocycles. The van der Waals surface area contributed by atoms with Crippen LogP contribution in [0.15, 0.2) is 30.6 Å². The van der Waals surface area contributed by atoms with Crippen LogP contribution in [0.5, 0.6) is 0 Å². The van der Waals surface area contributed by atoms with Crippen molar-refractivity contribution in [2.45, 2.75) is 26.9 Å². The van der Waals surface area contributed by atoms with Crippen LogP contribution in [0, 0.1) is 11.7 Å². The number of nitrogens with zero attached hydrogens (tertiary/aromatic N) is 2. The van der Waals surface area contributed by atoms with Crippen molar-refractivity contribution in [2.24, 2.45) is 5.92 Å². The monoisotopic (exact) mass is 295 g/mol. The Bertz CT molecular complexity index is 566. The smallest absolute Gasteiger partial charge is 0.142 e. The summed E-state index contributed by atoms with van der Waals surface area (Å²) < 4.78 is 15.4. The topological polar surface area (TPSA) is 29.9 Å². The van der Waals surface area contributed by atoms with Crippen LogP contribution in [0.4, 0.5) is 4.39 Å². The summed E-state index contributed by atoms with van der Waals surface area (Å²) in [5.41, 5.74) is 0.759. The first-order valence-corrected chi connectivity index (χ1v) is 7.09. The third-order valence-electron chi connectivity index (χ3n) is 3.01. The van der Waals surface area contributed by atoms with Crippen LogP contribution in [-0.4, -0.2) is 16.1 Å². The summed E-state index contributed by atoms with van der Waals surface area (Å²) in [5.74, 6) is 1.13. The Labute approximate surface area is 123 Å². The van der Waals surface area contributed by atoms with Crippen molar-refractivity contribution in [3.8, 4) is 0 Å². The quantitative estimate of drug-likeness (QED) is 0.884. The van der Waals surface area contributed by atoms with Crippen LogP contribution in [0.2, 0.25) is 5.02 Å². The minimum atomic E-state index is -0.385. The molecule has 0 fully saturated rings. The molecule has 5 heteroatoms.